The molecule has 1 amide bonds. The number of hydrogen-bond donors (Lipinski definition) is 1. The van der Waals surface area contributed by atoms with Crippen LogP contribution in [0.4, 0.5) is 11.4 Å². The quantitative estimate of drug-likeness (QED) is 0.488. The van der Waals surface area contributed by atoms with Crippen LogP contribution in [-0.4, -0.2) is 23.2 Å². The van der Waals surface area contributed by atoms with E-state index in [1.807, 2.05) is 6.08 Å². The first-order valence-electron chi connectivity index (χ1n) is 10.3. The van der Waals surface area contributed by atoms with E-state index in [4.69, 9.17) is 23.2 Å². The molecule has 0 aromatic heterocycles. The molecule has 4 nitrogen and oxygen atoms in total. The Morgan fingerprint density at radius 1 is 1.29 bits per heavy atom. The average Bonchev–Trinajstić information content (AvgIpc) is 3.04. The van der Waals surface area contributed by atoms with Crippen molar-refractivity contribution in [1.29, 1.82) is 0 Å². The minimum absolute atomic E-state index is 0.134. The van der Waals surface area contributed by atoms with Crippen LogP contribution in [-0.2, 0) is 4.79 Å². The zero-order chi connectivity index (χ0) is 22.3. The maximum absolute atomic E-state index is 12.5. The number of nitrogens with one attached hydrogen (secondary N) is 1. The number of amides is 1. The lowest BCUT2D eigenvalue weighted by molar-refractivity contribution is -0.115. The number of halogens is 2. The van der Waals surface area contributed by atoms with E-state index in [-0.39, 0.29) is 11.4 Å². The number of aliphatic imine (C=N–C) groups is 1. The number of benzene rings is 2. The van der Waals surface area contributed by atoms with E-state index < -0.39 is 0 Å². The van der Waals surface area contributed by atoms with Crippen LogP contribution in [0.25, 0.3) is 6.08 Å². The summed E-state index contributed by atoms with van der Waals surface area (Å²) in [6, 6.07) is 11.7. The van der Waals surface area contributed by atoms with Gasteiger partial charge in [-0.25, -0.2) is 4.99 Å². The van der Waals surface area contributed by atoms with Crippen molar-refractivity contribution in [2.24, 2.45) is 4.99 Å². The van der Waals surface area contributed by atoms with Gasteiger partial charge in [-0.3, -0.25) is 4.79 Å². The van der Waals surface area contributed by atoms with Crippen molar-refractivity contribution in [3.05, 3.63) is 62.5 Å². The van der Waals surface area contributed by atoms with Crippen LogP contribution in [0.1, 0.15) is 51.2 Å². The standard InChI is InChI=1S/C24H25Cl2N3OS/c1-5-29-19-10-9-15(11-16(19)14(2)13-24(29,3)4)12-20-22(30)28-23(31-20)27-18-8-6-7-17(25)21(18)26/h6-12,14H,5,13H2,1-4H3,(H,27,28,30)/b20-12-/t14-/m1/s1. The Balaban J connectivity index is 1.62. The number of anilines is 1. The van der Waals surface area contributed by atoms with E-state index in [0.29, 0.717) is 31.7 Å². The summed E-state index contributed by atoms with van der Waals surface area (Å²) in [7, 11) is 0. The second-order valence-electron chi connectivity index (χ2n) is 8.53. The van der Waals surface area contributed by atoms with E-state index in [1.54, 1.807) is 18.2 Å². The van der Waals surface area contributed by atoms with Gasteiger partial charge in [0, 0.05) is 17.8 Å². The van der Waals surface area contributed by atoms with Crippen molar-refractivity contribution < 1.29 is 4.79 Å². The highest BCUT2D eigenvalue weighted by Gasteiger charge is 2.35. The average molecular weight is 474 g/mol. The molecule has 31 heavy (non-hydrogen) atoms. The first kappa shape index (κ1) is 22.3. The third-order valence-corrected chi connectivity index (χ3v) is 7.55. The van der Waals surface area contributed by atoms with Gasteiger partial charge in [-0.05, 0) is 86.3 Å². The van der Waals surface area contributed by atoms with Gasteiger partial charge in [-0.1, -0.05) is 42.3 Å². The lowest BCUT2D eigenvalue weighted by Crippen LogP contribution is -2.48. The molecule has 7 heteroatoms. The molecule has 162 valence electrons. The number of carbonyl (C=O) groups excluding carboxylic acids is 1. The Hall–Kier alpha value is -1.95. The van der Waals surface area contributed by atoms with Gasteiger partial charge in [0.25, 0.3) is 5.91 Å². The van der Waals surface area contributed by atoms with Gasteiger partial charge in [0.1, 0.15) is 0 Å². The van der Waals surface area contributed by atoms with E-state index in [0.717, 1.165) is 18.5 Å². The van der Waals surface area contributed by atoms with Gasteiger partial charge in [0.2, 0.25) is 0 Å². The Morgan fingerprint density at radius 2 is 2.06 bits per heavy atom. The zero-order valence-corrected chi connectivity index (χ0v) is 20.3. The lowest BCUT2D eigenvalue weighted by atomic mass is 9.79. The van der Waals surface area contributed by atoms with E-state index in [2.05, 4.69) is 61.1 Å². The largest absolute Gasteiger partial charge is 0.366 e. The molecule has 0 radical (unpaired) electrons. The minimum Gasteiger partial charge on any atom is -0.366 e. The molecule has 1 N–H and O–H groups in total. The monoisotopic (exact) mass is 473 g/mol. The topological polar surface area (TPSA) is 44.7 Å². The normalized spacial score (nSPS) is 22.7. The fraction of sp³-hybridized carbons (Fsp3) is 0.333. The number of thioether (sulfide) groups is 1. The van der Waals surface area contributed by atoms with Crippen molar-refractivity contribution in [2.75, 3.05) is 11.4 Å². The molecule has 2 aliphatic heterocycles. The number of amidine groups is 1. The first-order valence-corrected chi connectivity index (χ1v) is 11.9. The summed E-state index contributed by atoms with van der Waals surface area (Å²) in [5, 5.41) is 4.11. The Labute approximate surface area is 197 Å². The molecule has 1 saturated heterocycles. The lowest BCUT2D eigenvalue weighted by Gasteiger charge is -2.47. The maximum Gasteiger partial charge on any atom is 0.264 e. The number of fused-ring (bicyclic) bond motifs is 1. The SMILES string of the molecule is CCN1c2ccc(/C=C3\SC(=Nc4cccc(Cl)c4Cl)NC3=O)cc2[C@H](C)CC1(C)C. The molecule has 0 saturated carbocycles. The molecule has 2 aromatic carbocycles. The highest BCUT2D eigenvalue weighted by atomic mass is 35.5. The predicted octanol–water partition coefficient (Wildman–Crippen LogP) is 7.00. The third-order valence-electron chi connectivity index (χ3n) is 5.83. The second-order valence-corrected chi connectivity index (χ2v) is 10.4. The molecule has 0 spiro atoms. The third kappa shape index (κ3) is 4.36. The summed E-state index contributed by atoms with van der Waals surface area (Å²) in [6.45, 7) is 10.1. The molecule has 1 atom stereocenters. The van der Waals surface area contributed by atoms with Crippen molar-refractivity contribution in [2.45, 2.75) is 45.6 Å². The van der Waals surface area contributed by atoms with E-state index in [1.165, 1.54) is 23.0 Å². The highest BCUT2D eigenvalue weighted by molar-refractivity contribution is 8.18. The molecular formula is C24H25Cl2N3OS. The Morgan fingerprint density at radius 3 is 2.81 bits per heavy atom. The zero-order valence-electron chi connectivity index (χ0n) is 18.0. The highest BCUT2D eigenvalue weighted by Crippen LogP contribution is 2.44. The molecule has 0 bridgehead atoms. The smallest absolute Gasteiger partial charge is 0.264 e. The molecule has 2 aromatic rings. The molecule has 0 unspecified atom stereocenters. The number of nitrogens with zero attached hydrogens (tertiary/aromatic N) is 2. The Bertz CT molecular complexity index is 1110. The van der Waals surface area contributed by atoms with Gasteiger partial charge in [-0.15, -0.1) is 0 Å². The fourth-order valence-corrected chi connectivity index (χ4v) is 5.69. The fourth-order valence-electron chi connectivity index (χ4n) is 4.52. The van der Waals surface area contributed by atoms with Crippen LogP contribution in [0.3, 0.4) is 0 Å². The summed E-state index contributed by atoms with van der Waals surface area (Å²) in [5.41, 5.74) is 4.30. The van der Waals surface area contributed by atoms with Crippen molar-refractivity contribution >= 4 is 63.5 Å². The van der Waals surface area contributed by atoms with Crippen LogP contribution in [0.5, 0.6) is 0 Å². The van der Waals surface area contributed by atoms with Gasteiger partial charge < -0.3 is 10.2 Å². The van der Waals surface area contributed by atoms with Crippen LogP contribution in [0.2, 0.25) is 10.0 Å². The minimum atomic E-state index is -0.163. The van der Waals surface area contributed by atoms with E-state index in [9.17, 15) is 4.79 Å². The van der Waals surface area contributed by atoms with Crippen molar-refractivity contribution in [1.82, 2.24) is 5.32 Å². The number of rotatable bonds is 3. The molecule has 4 rings (SSSR count). The predicted molar refractivity (Wildman–Crippen MR) is 134 cm³/mol. The van der Waals surface area contributed by atoms with Crippen LogP contribution < -0.4 is 10.2 Å². The van der Waals surface area contributed by atoms with Gasteiger partial charge in [0.05, 0.1) is 20.6 Å². The second kappa shape index (κ2) is 8.53. The summed E-state index contributed by atoms with van der Waals surface area (Å²) >= 11 is 13.6. The van der Waals surface area contributed by atoms with Crippen LogP contribution in [0, 0.1) is 0 Å². The Kier molecular flexibility index (Phi) is 6.12. The number of carbonyl (C=O) groups is 1. The van der Waals surface area contributed by atoms with Crippen LogP contribution in [0.15, 0.2) is 46.3 Å². The maximum atomic E-state index is 12.5. The van der Waals surface area contributed by atoms with Gasteiger partial charge in [0.15, 0.2) is 5.17 Å². The van der Waals surface area contributed by atoms with E-state index >= 15 is 0 Å². The summed E-state index contributed by atoms with van der Waals surface area (Å²) in [6.07, 6.45) is 3.02. The molecular weight excluding hydrogens is 449 g/mol. The summed E-state index contributed by atoms with van der Waals surface area (Å²) < 4.78 is 0. The molecule has 2 aliphatic rings. The molecule has 1 fully saturated rings. The summed E-state index contributed by atoms with van der Waals surface area (Å²) in [5.74, 6) is 0.294. The van der Waals surface area contributed by atoms with Crippen molar-refractivity contribution in [3.63, 3.8) is 0 Å². The van der Waals surface area contributed by atoms with Crippen LogP contribution >= 0.6 is 35.0 Å². The van der Waals surface area contributed by atoms with Gasteiger partial charge >= 0.3 is 0 Å². The number of hydrogen-bond acceptors (Lipinski definition) is 4. The summed E-state index contributed by atoms with van der Waals surface area (Å²) in [4.78, 5) is 20.1. The molecule has 2 heterocycles. The van der Waals surface area contributed by atoms with Gasteiger partial charge in [-0.2, -0.15) is 0 Å². The molecule has 0 aliphatic carbocycles. The van der Waals surface area contributed by atoms with Crippen molar-refractivity contribution in [3.8, 4) is 0 Å². The first-order chi connectivity index (χ1) is 14.7.